The number of nitrogens with one attached hydrogen (secondary N) is 3. The zero-order valence-corrected chi connectivity index (χ0v) is 13.0. The van der Waals surface area contributed by atoms with Crippen molar-refractivity contribution in [2.45, 2.75) is 44.8 Å². The second-order valence-corrected chi connectivity index (χ2v) is 6.23. The molecule has 2 aliphatic heterocycles. The highest BCUT2D eigenvalue weighted by atomic mass is 19.1. The SMILES string of the molecule is CC1NNC(C)C1NC(=O)c1ccc(N2CCCC2)c(F)c1. The molecule has 2 atom stereocenters. The summed E-state index contributed by atoms with van der Waals surface area (Å²) in [7, 11) is 0. The van der Waals surface area contributed by atoms with Crippen LogP contribution in [0.15, 0.2) is 18.2 Å². The predicted molar refractivity (Wildman–Crippen MR) is 84.3 cm³/mol. The third kappa shape index (κ3) is 2.94. The van der Waals surface area contributed by atoms with E-state index in [1.54, 1.807) is 12.1 Å². The third-order valence-electron chi connectivity index (χ3n) is 4.57. The summed E-state index contributed by atoms with van der Waals surface area (Å²) >= 11 is 0. The highest BCUT2D eigenvalue weighted by Gasteiger charge is 2.31. The monoisotopic (exact) mass is 306 g/mol. The largest absolute Gasteiger partial charge is 0.369 e. The molecule has 1 amide bonds. The van der Waals surface area contributed by atoms with Crippen LogP contribution in [0.25, 0.3) is 0 Å². The van der Waals surface area contributed by atoms with E-state index in [0.717, 1.165) is 25.9 Å². The molecule has 6 heteroatoms. The Morgan fingerprint density at radius 2 is 1.86 bits per heavy atom. The summed E-state index contributed by atoms with van der Waals surface area (Å²) in [6.07, 6.45) is 2.19. The van der Waals surface area contributed by atoms with Gasteiger partial charge in [0.1, 0.15) is 5.82 Å². The molecular formula is C16H23FN4O. The number of carbonyl (C=O) groups excluding carboxylic acids is 1. The van der Waals surface area contributed by atoms with Gasteiger partial charge in [-0.3, -0.25) is 15.6 Å². The molecular weight excluding hydrogens is 283 g/mol. The fourth-order valence-electron chi connectivity index (χ4n) is 3.22. The average Bonchev–Trinajstić information content (AvgIpc) is 3.12. The highest BCUT2D eigenvalue weighted by Crippen LogP contribution is 2.24. The molecule has 3 rings (SSSR count). The number of hydrogen-bond acceptors (Lipinski definition) is 4. The van der Waals surface area contributed by atoms with Crippen molar-refractivity contribution < 1.29 is 9.18 Å². The fraction of sp³-hybridized carbons (Fsp3) is 0.562. The molecule has 2 aliphatic rings. The smallest absolute Gasteiger partial charge is 0.251 e. The number of halogens is 1. The predicted octanol–water partition coefficient (Wildman–Crippen LogP) is 1.41. The number of amides is 1. The van der Waals surface area contributed by atoms with Gasteiger partial charge in [-0.2, -0.15) is 0 Å². The van der Waals surface area contributed by atoms with Gasteiger partial charge in [0, 0.05) is 30.7 Å². The second kappa shape index (κ2) is 6.22. The molecule has 1 aromatic rings. The molecule has 3 N–H and O–H groups in total. The topological polar surface area (TPSA) is 56.4 Å². The van der Waals surface area contributed by atoms with E-state index in [1.807, 2.05) is 18.7 Å². The van der Waals surface area contributed by atoms with Crippen LogP contribution in [-0.2, 0) is 0 Å². The molecule has 2 unspecified atom stereocenters. The molecule has 0 radical (unpaired) electrons. The Hall–Kier alpha value is -1.66. The lowest BCUT2D eigenvalue weighted by Gasteiger charge is -2.21. The van der Waals surface area contributed by atoms with E-state index in [1.165, 1.54) is 6.07 Å². The zero-order chi connectivity index (χ0) is 15.7. The summed E-state index contributed by atoms with van der Waals surface area (Å²) in [5.74, 6) is -0.556. The van der Waals surface area contributed by atoms with Crippen LogP contribution in [0.4, 0.5) is 10.1 Å². The molecule has 0 aromatic heterocycles. The number of benzene rings is 1. The Kier molecular flexibility index (Phi) is 4.31. The van der Waals surface area contributed by atoms with Gasteiger partial charge < -0.3 is 10.2 Å². The Bertz CT molecular complexity index is 549. The van der Waals surface area contributed by atoms with Crippen LogP contribution in [-0.4, -0.2) is 37.1 Å². The Labute approximate surface area is 130 Å². The number of carbonyl (C=O) groups is 1. The molecule has 2 saturated heterocycles. The first-order valence-corrected chi connectivity index (χ1v) is 7.92. The quantitative estimate of drug-likeness (QED) is 0.790. The number of nitrogens with zero attached hydrogens (tertiary/aromatic N) is 1. The number of rotatable bonds is 3. The van der Waals surface area contributed by atoms with Crippen molar-refractivity contribution in [3.63, 3.8) is 0 Å². The Morgan fingerprint density at radius 1 is 1.23 bits per heavy atom. The highest BCUT2D eigenvalue weighted by molar-refractivity contribution is 5.95. The van der Waals surface area contributed by atoms with Gasteiger partial charge in [-0.25, -0.2) is 4.39 Å². The Balaban J connectivity index is 1.71. The van der Waals surface area contributed by atoms with E-state index in [0.29, 0.717) is 11.3 Å². The number of hydrogen-bond donors (Lipinski definition) is 3. The summed E-state index contributed by atoms with van der Waals surface area (Å²) in [5, 5.41) is 2.97. The number of hydrazine groups is 1. The summed E-state index contributed by atoms with van der Waals surface area (Å²) in [4.78, 5) is 14.4. The summed E-state index contributed by atoms with van der Waals surface area (Å²) in [5.41, 5.74) is 7.14. The summed E-state index contributed by atoms with van der Waals surface area (Å²) < 4.78 is 14.3. The lowest BCUT2D eigenvalue weighted by atomic mass is 10.1. The van der Waals surface area contributed by atoms with Gasteiger partial charge in [0.2, 0.25) is 0 Å². The van der Waals surface area contributed by atoms with Gasteiger partial charge in [0.05, 0.1) is 11.7 Å². The van der Waals surface area contributed by atoms with E-state index in [9.17, 15) is 9.18 Å². The molecule has 5 nitrogen and oxygen atoms in total. The van der Waals surface area contributed by atoms with E-state index < -0.39 is 0 Å². The van der Waals surface area contributed by atoms with Crippen LogP contribution in [0.2, 0.25) is 0 Å². The van der Waals surface area contributed by atoms with Gasteiger partial charge in [-0.15, -0.1) is 0 Å². The van der Waals surface area contributed by atoms with Gasteiger partial charge >= 0.3 is 0 Å². The van der Waals surface area contributed by atoms with Crippen LogP contribution in [0.1, 0.15) is 37.0 Å². The van der Waals surface area contributed by atoms with Gasteiger partial charge in [0.25, 0.3) is 5.91 Å². The minimum atomic E-state index is -0.321. The second-order valence-electron chi connectivity index (χ2n) is 6.23. The molecule has 2 fully saturated rings. The van der Waals surface area contributed by atoms with E-state index >= 15 is 0 Å². The van der Waals surface area contributed by atoms with Gasteiger partial charge in [0.15, 0.2) is 0 Å². The average molecular weight is 306 g/mol. The van der Waals surface area contributed by atoms with Crippen molar-refractivity contribution in [1.82, 2.24) is 16.2 Å². The lowest BCUT2D eigenvalue weighted by molar-refractivity contribution is 0.0931. The van der Waals surface area contributed by atoms with Crippen molar-refractivity contribution in [3.8, 4) is 0 Å². The number of anilines is 1. The fourth-order valence-corrected chi connectivity index (χ4v) is 3.22. The third-order valence-corrected chi connectivity index (χ3v) is 4.57. The van der Waals surface area contributed by atoms with Crippen LogP contribution in [0, 0.1) is 5.82 Å². The summed E-state index contributed by atoms with van der Waals surface area (Å²) in [6.45, 7) is 5.77. The molecule has 0 bridgehead atoms. The van der Waals surface area contributed by atoms with Crippen molar-refractivity contribution in [2.24, 2.45) is 0 Å². The van der Waals surface area contributed by atoms with E-state index in [-0.39, 0.29) is 29.8 Å². The standard InChI is InChI=1S/C16H23FN4O/c1-10-15(11(2)20-19-10)18-16(22)12-5-6-14(13(17)9-12)21-7-3-4-8-21/h5-6,9-11,15,19-20H,3-4,7-8H2,1-2H3,(H,18,22). The van der Waals surface area contributed by atoms with Crippen LogP contribution in [0.3, 0.4) is 0 Å². The van der Waals surface area contributed by atoms with Crippen molar-refractivity contribution in [1.29, 1.82) is 0 Å². The first-order valence-electron chi connectivity index (χ1n) is 7.92. The van der Waals surface area contributed by atoms with Crippen molar-refractivity contribution >= 4 is 11.6 Å². The molecule has 1 aromatic carbocycles. The molecule has 120 valence electrons. The molecule has 0 saturated carbocycles. The van der Waals surface area contributed by atoms with Gasteiger partial charge in [-0.1, -0.05) is 0 Å². The zero-order valence-electron chi connectivity index (χ0n) is 13.0. The minimum absolute atomic E-state index is 0.0196. The van der Waals surface area contributed by atoms with Gasteiger partial charge in [-0.05, 0) is 44.9 Å². The molecule has 22 heavy (non-hydrogen) atoms. The normalized spacial score (nSPS) is 28.1. The first-order chi connectivity index (χ1) is 10.6. The maximum atomic E-state index is 14.3. The summed E-state index contributed by atoms with van der Waals surface area (Å²) in [6, 6.07) is 5.01. The van der Waals surface area contributed by atoms with Crippen LogP contribution >= 0.6 is 0 Å². The maximum Gasteiger partial charge on any atom is 0.251 e. The maximum absolute atomic E-state index is 14.3. The van der Waals surface area contributed by atoms with Crippen molar-refractivity contribution in [3.05, 3.63) is 29.6 Å². The van der Waals surface area contributed by atoms with Crippen LogP contribution in [0.5, 0.6) is 0 Å². The van der Waals surface area contributed by atoms with Crippen LogP contribution < -0.4 is 21.1 Å². The Morgan fingerprint density at radius 3 is 2.45 bits per heavy atom. The minimum Gasteiger partial charge on any atom is -0.369 e. The van der Waals surface area contributed by atoms with E-state index in [4.69, 9.17) is 0 Å². The molecule has 0 spiro atoms. The molecule has 0 aliphatic carbocycles. The van der Waals surface area contributed by atoms with Crippen molar-refractivity contribution in [2.75, 3.05) is 18.0 Å². The lowest BCUT2D eigenvalue weighted by Crippen LogP contribution is -2.46. The van der Waals surface area contributed by atoms with E-state index in [2.05, 4.69) is 16.2 Å². The first kappa shape index (κ1) is 15.2. The molecule has 2 heterocycles.